The minimum Gasteiger partial charge on any atom is -0.466 e. The largest absolute Gasteiger partial charge is 0.466 e. The topological polar surface area (TPSA) is 157 Å². The zero-order valence-electron chi connectivity index (χ0n) is 27.1. The summed E-state index contributed by atoms with van der Waals surface area (Å²) in [5, 5.41) is 34.8. The Hall–Kier alpha value is -3.08. The van der Waals surface area contributed by atoms with Gasteiger partial charge in [-0.1, -0.05) is 25.5 Å². The molecule has 0 aromatic rings. The molecule has 246 valence electrons. The molecule has 0 aromatic heterocycles. The van der Waals surface area contributed by atoms with Crippen molar-refractivity contribution < 1.29 is 48.7 Å². The second-order valence-corrected chi connectivity index (χ2v) is 15.6. The molecular weight excluding hydrogens is 592 g/mol. The van der Waals surface area contributed by atoms with Gasteiger partial charge in [-0.15, -0.1) is 0 Å². The van der Waals surface area contributed by atoms with E-state index in [9.17, 15) is 34.5 Å². The number of ketones is 1. The molecule has 0 radical (unpaired) electrons. The first kappa shape index (κ1) is 30.3. The zero-order chi connectivity index (χ0) is 33.0. The summed E-state index contributed by atoms with van der Waals surface area (Å²) >= 11 is 0. The number of Topliss-reactive ketones (excluding diaryl/α,β-unsaturated/α-hetero) is 1. The Morgan fingerprint density at radius 3 is 2.41 bits per heavy atom. The van der Waals surface area contributed by atoms with Crippen LogP contribution >= 0.6 is 0 Å². The second-order valence-electron chi connectivity index (χ2n) is 15.6. The van der Waals surface area contributed by atoms with Crippen LogP contribution in [0.5, 0.6) is 0 Å². The number of fused-ring (bicyclic) bond motifs is 7. The molecule has 1 heterocycles. The van der Waals surface area contributed by atoms with Gasteiger partial charge in [0, 0.05) is 34.0 Å². The van der Waals surface area contributed by atoms with Gasteiger partial charge in [0.05, 0.1) is 25.2 Å². The van der Waals surface area contributed by atoms with E-state index in [2.05, 4.69) is 6.92 Å². The van der Waals surface area contributed by atoms with Gasteiger partial charge in [0.15, 0.2) is 5.78 Å². The van der Waals surface area contributed by atoms with Crippen LogP contribution in [0.4, 0.5) is 0 Å². The average molecular weight is 635 g/mol. The van der Waals surface area contributed by atoms with Crippen molar-refractivity contribution in [3.05, 3.63) is 45.1 Å². The monoisotopic (exact) mass is 634 g/mol. The lowest BCUT2D eigenvalue weighted by Gasteiger charge is -2.63. The van der Waals surface area contributed by atoms with Crippen molar-refractivity contribution in [2.75, 3.05) is 20.3 Å². The standard InChI is InChI=1S/C36H42O10/c1-7-14(2)30(40)45-13-35(43)22-10-21(22)33(4)23(35)11-20-18(12-37)32(42)46-36(20)24(33)9-17-16-8-19(16)34(5)26(17)27(36)25(28(38)29(34)39)15(3)31(41)44-6/h7,16,19,21-24,27,29,37,39,43H,8-13H2,1-6H3/t16?,19?,21?,22?,23?,24?,27?,29?,33-,34-,35-,36-/m0/s1. The van der Waals surface area contributed by atoms with Gasteiger partial charge in [0.1, 0.15) is 23.9 Å². The number of ether oxygens (including phenoxy) is 3. The highest BCUT2D eigenvalue weighted by Crippen LogP contribution is 2.83. The molecule has 0 saturated heterocycles. The summed E-state index contributed by atoms with van der Waals surface area (Å²) in [5.74, 6) is -3.92. The fourth-order valence-corrected chi connectivity index (χ4v) is 12.0. The molecule has 10 heteroatoms. The number of aliphatic hydroxyl groups is 3. The molecule has 1 aliphatic heterocycles. The first-order valence-electron chi connectivity index (χ1n) is 16.5. The van der Waals surface area contributed by atoms with Gasteiger partial charge in [-0.3, -0.25) is 4.79 Å². The third kappa shape index (κ3) is 3.15. The van der Waals surface area contributed by atoms with Crippen molar-refractivity contribution in [3.8, 4) is 0 Å². The number of aliphatic hydroxyl groups excluding tert-OH is 2. The highest BCUT2D eigenvalue weighted by molar-refractivity contribution is 6.09. The van der Waals surface area contributed by atoms with Crippen LogP contribution in [-0.4, -0.2) is 76.6 Å². The summed E-state index contributed by atoms with van der Waals surface area (Å²) in [4.78, 5) is 54.0. The molecule has 0 amide bonds. The molecule has 3 N–H and O–H groups in total. The summed E-state index contributed by atoms with van der Waals surface area (Å²) in [6.07, 6.45) is 2.62. The third-order valence-corrected chi connectivity index (χ3v) is 14.3. The number of carbonyl (C=O) groups is 4. The van der Waals surface area contributed by atoms with Crippen molar-refractivity contribution in [2.24, 2.45) is 52.3 Å². The fraction of sp³-hybridized carbons (Fsp3) is 0.667. The Bertz CT molecular complexity index is 1680. The highest BCUT2D eigenvalue weighted by Gasteiger charge is 2.84. The van der Waals surface area contributed by atoms with Crippen LogP contribution in [0.3, 0.4) is 0 Å². The molecule has 8 rings (SSSR count). The van der Waals surface area contributed by atoms with Crippen molar-refractivity contribution in [2.45, 2.75) is 77.6 Å². The van der Waals surface area contributed by atoms with Gasteiger partial charge in [0.2, 0.25) is 0 Å². The van der Waals surface area contributed by atoms with E-state index in [4.69, 9.17) is 14.2 Å². The number of methoxy groups -OCH3 is 1. The highest BCUT2D eigenvalue weighted by atomic mass is 16.6. The summed E-state index contributed by atoms with van der Waals surface area (Å²) in [7, 11) is 1.24. The minimum absolute atomic E-state index is 0.0493. The summed E-state index contributed by atoms with van der Waals surface area (Å²) in [6, 6.07) is 0. The first-order valence-corrected chi connectivity index (χ1v) is 16.5. The Kier molecular flexibility index (Phi) is 5.97. The molecule has 5 fully saturated rings. The van der Waals surface area contributed by atoms with Gasteiger partial charge in [-0.05, 0) is 86.7 Å². The quantitative estimate of drug-likeness (QED) is 0.178. The molecule has 8 aliphatic rings. The Morgan fingerprint density at radius 1 is 1.04 bits per heavy atom. The van der Waals surface area contributed by atoms with E-state index in [1.807, 2.05) is 6.92 Å². The SMILES string of the molecule is CC=C(C)C(=O)OC[C@]1(O)C2CC2[C@@]2(C)C1CC1=C(CO)C(=O)O[C@@]13C1C(=C(C)C(=O)OC)C(=O)C(O)[C@]4(C)C1=C(CC32)C1CC14. The van der Waals surface area contributed by atoms with Crippen LogP contribution in [0, 0.1) is 52.3 Å². The summed E-state index contributed by atoms with van der Waals surface area (Å²) in [6.45, 7) is 8.25. The number of rotatable bonds is 5. The molecule has 46 heavy (non-hydrogen) atoms. The molecule has 10 nitrogen and oxygen atoms in total. The molecule has 12 atom stereocenters. The molecule has 0 aromatic carbocycles. The van der Waals surface area contributed by atoms with Crippen LogP contribution in [0.1, 0.15) is 60.3 Å². The minimum atomic E-state index is -1.39. The van der Waals surface area contributed by atoms with E-state index >= 15 is 0 Å². The maximum absolute atomic E-state index is 14.4. The van der Waals surface area contributed by atoms with Crippen molar-refractivity contribution in [1.29, 1.82) is 0 Å². The predicted molar refractivity (Wildman–Crippen MR) is 160 cm³/mol. The van der Waals surface area contributed by atoms with Gasteiger partial charge in [-0.25, -0.2) is 14.4 Å². The lowest BCUT2D eigenvalue weighted by molar-refractivity contribution is -0.191. The summed E-state index contributed by atoms with van der Waals surface area (Å²) in [5.41, 5.74) is -0.913. The maximum atomic E-state index is 14.4. The van der Waals surface area contributed by atoms with Gasteiger partial charge in [-0.2, -0.15) is 0 Å². The normalized spacial score (nSPS) is 48.5. The summed E-state index contributed by atoms with van der Waals surface area (Å²) < 4.78 is 17.4. The predicted octanol–water partition coefficient (Wildman–Crippen LogP) is 2.51. The van der Waals surface area contributed by atoms with Crippen molar-refractivity contribution in [1.82, 2.24) is 0 Å². The maximum Gasteiger partial charge on any atom is 0.337 e. The van der Waals surface area contributed by atoms with Crippen LogP contribution in [-0.2, 0) is 33.4 Å². The lowest BCUT2D eigenvalue weighted by atomic mass is 9.42. The number of hydrogen-bond donors (Lipinski definition) is 3. The van der Waals surface area contributed by atoms with Crippen LogP contribution in [0.25, 0.3) is 0 Å². The van der Waals surface area contributed by atoms with Crippen LogP contribution in [0.15, 0.2) is 45.1 Å². The molecular formula is C36H42O10. The van der Waals surface area contributed by atoms with Crippen molar-refractivity contribution in [3.63, 3.8) is 0 Å². The second kappa shape index (κ2) is 9.08. The molecule has 8 unspecified atom stereocenters. The Morgan fingerprint density at radius 2 is 1.76 bits per heavy atom. The Labute approximate surface area is 267 Å². The fourth-order valence-electron chi connectivity index (χ4n) is 12.0. The van der Waals surface area contributed by atoms with E-state index in [0.29, 0.717) is 17.6 Å². The number of allylic oxidation sites excluding steroid dienone is 2. The van der Waals surface area contributed by atoms with E-state index in [1.165, 1.54) is 14.0 Å². The Balaban J connectivity index is 1.36. The molecule has 0 bridgehead atoms. The third-order valence-electron chi connectivity index (χ3n) is 14.3. The van der Waals surface area contributed by atoms with E-state index in [1.54, 1.807) is 19.9 Å². The molecule has 7 aliphatic carbocycles. The zero-order valence-corrected chi connectivity index (χ0v) is 27.1. The van der Waals surface area contributed by atoms with Gasteiger partial charge < -0.3 is 29.5 Å². The first-order chi connectivity index (χ1) is 21.7. The molecule has 5 saturated carbocycles. The lowest BCUT2D eigenvalue weighted by Crippen LogP contribution is -2.67. The van der Waals surface area contributed by atoms with Gasteiger partial charge in [0.25, 0.3) is 0 Å². The molecule has 1 spiro atoms. The van der Waals surface area contributed by atoms with Crippen LogP contribution < -0.4 is 0 Å². The van der Waals surface area contributed by atoms with Crippen molar-refractivity contribution >= 4 is 23.7 Å². The van der Waals surface area contributed by atoms with E-state index in [0.717, 1.165) is 24.0 Å². The smallest absolute Gasteiger partial charge is 0.337 e. The van der Waals surface area contributed by atoms with Gasteiger partial charge >= 0.3 is 17.9 Å². The number of carbonyl (C=O) groups excluding carboxylic acids is 4. The number of esters is 3. The van der Waals surface area contributed by atoms with E-state index < -0.39 is 76.2 Å². The van der Waals surface area contributed by atoms with E-state index in [-0.39, 0.29) is 53.4 Å². The van der Waals surface area contributed by atoms with Crippen LogP contribution in [0.2, 0.25) is 0 Å². The number of hydrogen-bond acceptors (Lipinski definition) is 10. The average Bonchev–Trinajstić information content (AvgIpc) is 3.95.